The van der Waals surface area contributed by atoms with E-state index in [1.807, 2.05) is 24.6 Å². The molecular weight excluding hydrogens is 328 g/mol. The van der Waals surface area contributed by atoms with Crippen molar-refractivity contribution in [3.05, 3.63) is 47.7 Å². The van der Waals surface area contributed by atoms with E-state index in [2.05, 4.69) is 15.4 Å². The molecule has 1 amide bonds. The van der Waals surface area contributed by atoms with Crippen molar-refractivity contribution in [2.24, 2.45) is 0 Å². The Bertz CT molecular complexity index is 859. The number of halogens is 1. The third-order valence-electron chi connectivity index (χ3n) is 3.39. The zero-order valence-electron chi connectivity index (χ0n) is 13.4. The van der Waals surface area contributed by atoms with E-state index in [1.165, 1.54) is 0 Å². The SMILES string of the molecule is CC(C)n1ncc2cc(NC(=O)COc3ccc(Cl)cc3)cnc21. The van der Waals surface area contributed by atoms with Crippen LogP contribution in [0.25, 0.3) is 11.0 Å². The zero-order chi connectivity index (χ0) is 17.1. The van der Waals surface area contributed by atoms with E-state index in [0.29, 0.717) is 16.5 Å². The average molecular weight is 345 g/mol. The Hall–Kier alpha value is -2.60. The molecule has 3 aromatic rings. The van der Waals surface area contributed by atoms with Gasteiger partial charge in [0.15, 0.2) is 12.3 Å². The number of carbonyl (C=O) groups excluding carboxylic acids is 1. The lowest BCUT2D eigenvalue weighted by atomic mass is 10.3. The van der Waals surface area contributed by atoms with Gasteiger partial charge in [0.25, 0.3) is 5.91 Å². The zero-order valence-corrected chi connectivity index (χ0v) is 14.1. The van der Waals surface area contributed by atoms with Gasteiger partial charge >= 0.3 is 0 Å². The Balaban J connectivity index is 1.63. The Morgan fingerprint density at radius 3 is 2.75 bits per heavy atom. The fourth-order valence-electron chi connectivity index (χ4n) is 2.26. The molecule has 2 heterocycles. The molecule has 0 unspecified atom stereocenters. The number of aromatic nitrogens is 3. The monoisotopic (exact) mass is 344 g/mol. The van der Waals surface area contributed by atoms with Crippen LogP contribution in [0.5, 0.6) is 5.75 Å². The summed E-state index contributed by atoms with van der Waals surface area (Å²) in [4.78, 5) is 16.4. The molecule has 0 aliphatic heterocycles. The lowest BCUT2D eigenvalue weighted by Crippen LogP contribution is -2.20. The first kappa shape index (κ1) is 16.3. The molecule has 0 radical (unpaired) electrons. The van der Waals surface area contributed by atoms with E-state index in [4.69, 9.17) is 16.3 Å². The normalized spacial score (nSPS) is 11.0. The minimum atomic E-state index is -0.262. The first-order valence-electron chi connectivity index (χ1n) is 7.54. The van der Waals surface area contributed by atoms with Crippen LogP contribution < -0.4 is 10.1 Å². The van der Waals surface area contributed by atoms with Crippen molar-refractivity contribution in [3.8, 4) is 5.75 Å². The molecule has 0 bridgehead atoms. The molecule has 6 nitrogen and oxygen atoms in total. The van der Waals surface area contributed by atoms with Gasteiger partial charge < -0.3 is 10.1 Å². The predicted octanol–water partition coefficient (Wildman–Crippen LogP) is 3.68. The van der Waals surface area contributed by atoms with Crippen LogP contribution in [-0.4, -0.2) is 27.3 Å². The fraction of sp³-hybridized carbons (Fsp3) is 0.235. The van der Waals surface area contributed by atoms with Gasteiger partial charge in [0.05, 0.1) is 18.1 Å². The molecule has 0 fully saturated rings. The van der Waals surface area contributed by atoms with Crippen LogP contribution in [0.4, 0.5) is 5.69 Å². The summed E-state index contributed by atoms with van der Waals surface area (Å²) in [6.07, 6.45) is 3.35. The average Bonchev–Trinajstić information content (AvgIpc) is 2.97. The number of hydrogen-bond donors (Lipinski definition) is 1. The molecular formula is C17H17ClN4O2. The summed E-state index contributed by atoms with van der Waals surface area (Å²) < 4.78 is 7.25. The molecule has 124 valence electrons. The van der Waals surface area contributed by atoms with Gasteiger partial charge in [-0.2, -0.15) is 5.10 Å². The molecule has 1 aromatic carbocycles. The summed E-state index contributed by atoms with van der Waals surface area (Å²) >= 11 is 5.80. The van der Waals surface area contributed by atoms with E-state index < -0.39 is 0 Å². The molecule has 24 heavy (non-hydrogen) atoms. The second kappa shape index (κ2) is 6.88. The van der Waals surface area contributed by atoms with Gasteiger partial charge in [0, 0.05) is 16.5 Å². The second-order valence-electron chi connectivity index (χ2n) is 5.61. The van der Waals surface area contributed by atoms with E-state index in [9.17, 15) is 4.79 Å². The van der Waals surface area contributed by atoms with Crippen molar-refractivity contribution in [1.29, 1.82) is 0 Å². The highest BCUT2D eigenvalue weighted by atomic mass is 35.5. The number of carbonyl (C=O) groups is 1. The van der Waals surface area contributed by atoms with E-state index in [0.717, 1.165) is 11.0 Å². The number of ether oxygens (including phenoxy) is 1. The van der Waals surface area contributed by atoms with Crippen LogP contribution >= 0.6 is 11.6 Å². The molecule has 0 spiro atoms. The smallest absolute Gasteiger partial charge is 0.262 e. The van der Waals surface area contributed by atoms with E-state index in [1.54, 1.807) is 36.7 Å². The maximum atomic E-state index is 12.0. The Labute approximate surface area is 144 Å². The molecule has 0 aliphatic carbocycles. The van der Waals surface area contributed by atoms with Crippen LogP contribution in [0.1, 0.15) is 19.9 Å². The van der Waals surface area contributed by atoms with Gasteiger partial charge in [0.2, 0.25) is 0 Å². The highest BCUT2D eigenvalue weighted by Gasteiger charge is 2.09. The Morgan fingerprint density at radius 2 is 2.04 bits per heavy atom. The summed E-state index contributed by atoms with van der Waals surface area (Å²) in [6.45, 7) is 3.99. The van der Waals surface area contributed by atoms with Crippen LogP contribution in [0.2, 0.25) is 5.02 Å². The number of rotatable bonds is 5. The largest absolute Gasteiger partial charge is 0.484 e. The Kier molecular flexibility index (Phi) is 4.66. The number of fused-ring (bicyclic) bond motifs is 1. The number of nitrogens with zero attached hydrogens (tertiary/aromatic N) is 3. The third-order valence-corrected chi connectivity index (χ3v) is 3.64. The molecule has 1 N–H and O–H groups in total. The highest BCUT2D eigenvalue weighted by molar-refractivity contribution is 6.30. The van der Waals surface area contributed by atoms with Gasteiger partial charge in [-0.15, -0.1) is 0 Å². The quantitative estimate of drug-likeness (QED) is 0.766. The number of hydrogen-bond acceptors (Lipinski definition) is 4. The van der Waals surface area contributed by atoms with Crippen LogP contribution in [0.3, 0.4) is 0 Å². The summed E-state index contributed by atoms with van der Waals surface area (Å²) in [7, 11) is 0. The van der Waals surface area contributed by atoms with Crippen LogP contribution in [0, 0.1) is 0 Å². The van der Waals surface area contributed by atoms with Crippen molar-refractivity contribution in [2.45, 2.75) is 19.9 Å². The summed E-state index contributed by atoms with van der Waals surface area (Å²) in [5, 5.41) is 8.56. The molecule has 2 aromatic heterocycles. The van der Waals surface area contributed by atoms with Gasteiger partial charge in [-0.3, -0.25) is 4.79 Å². The maximum absolute atomic E-state index is 12.0. The fourth-order valence-corrected chi connectivity index (χ4v) is 2.39. The van der Waals surface area contributed by atoms with Crippen molar-refractivity contribution in [2.75, 3.05) is 11.9 Å². The van der Waals surface area contributed by atoms with Crippen molar-refractivity contribution in [3.63, 3.8) is 0 Å². The van der Waals surface area contributed by atoms with Crippen molar-refractivity contribution in [1.82, 2.24) is 14.8 Å². The molecule has 0 saturated heterocycles. The molecule has 0 saturated carbocycles. The standard InChI is InChI=1S/C17H17ClN4O2/c1-11(2)22-17-12(8-20-22)7-14(9-19-17)21-16(23)10-24-15-5-3-13(18)4-6-15/h3-9,11H,10H2,1-2H3,(H,21,23). The lowest BCUT2D eigenvalue weighted by molar-refractivity contribution is -0.118. The first-order chi connectivity index (χ1) is 11.5. The van der Waals surface area contributed by atoms with Crippen molar-refractivity contribution >= 4 is 34.2 Å². The second-order valence-corrected chi connectivity index (χ2v) is 6.05. The summed E-state index contributed by atoms with van der Waals surface area (Å²) in [5.41, 5.74) is 1.40. The third kappa shape index (κ3) is 3.65. The van der Waals surface area contributed by atoms with Gasteiger partial charge in [0.1, 0.15) is 5.75 Å². The summed E-state index contributed by atoms with van der Waals surface area (Å²) in [5.74, 6) is 0.323. The first-order valence-corrected chi connectivity index (χ1v) is 7.92. The van der Waals surface area contributed by atoms with Crippen molar-refractivity contribution < 1.29 is 9.53 Å². The van der Waals surface area contributed by atoms with Gasteiger partial charge in [-0.1, -0.05) is 11.6 Å². The number of pyridine rings is 1. The minimum Gasteiger partial charge on any atom is -0.484 e. The van der Waals surface area contributed by atoms with Crippen LogP contribution in [0.15, 0.2) is 42.7 Å². The highest BCUT2D eigenvalue weighted by Crippen LogP contribution is 2.19. The Morgan fingerprint density at radius 1 is 1.29 bits per heavy atom. The summed E-state index contributed by atoms with van der Waals surface area (Å²) in [6, 6.07) is 8.91. The van der Waals surface area contributed by atoms with Crippen LogP contribution in [-0.2, 0) is 4.79 Å². The van der Waals surface area contributed by atoms with Gasteiger partial charge in [-0.25, -0.2) is 9.67 Å². The lowest BCUT2D eigenvalue weighted by Gasteiger charge is -2.08. The number of benzene rings is 1. The molecule has 3 rings (SSSR count). The molecule has 0 atom stereocenters. The number of anilines is 1. The molecule has 0 aliphatic rings. The number of amides is 1. The van der Waals surface area contributed by atoms with E-state index >= 15 is 0 Å². The predicted molar refractivity (Wildman–Crippen MR) is 93.5 cm³/mol. The minimum absolute atomic E-state index is 0.0923. The van der Waals surface area contributed by atoms with E-state index in [-0.39, 0.29) is 18.6 Å². The number of nitrogens with one attached hydrogen (secondary N) is 1. The maximum Gasteiger partial charge on any atom is 0.262 e. The topological polar surface area (TPSA) is 69.0 Å². The van der Waals surface area contributed by atoms with Gasteiger partial charge in [-0.05, 0) is 44.2 Å². The molecule has 7 heteroatoms.